The molecule has 16 heavy (non-hydrogen) atoms. The minimum absolute atomic E-state index is 0.128. The Balaban J connectivity index is 2.00. The zero-order chi connectivity index (χ0) is 11.0. The smallest absolute Gasteiger partial charge is 0.123 e. The van der Waals surface area contributed by atoms with Gasteiger partial charge in [0.25, 0.3) is 0 Å². The Morgan fingerprint density at radius 3 is 2.81 bits per heavy atom. The maximum Gasteiger partial charge on any atom is 0.123 e. The number of benzene rings is 1. The van der Waals surface area contributed by atoms with Gasteiger partial charge in [-0.25, -0.2) is 4.39 Å². The molecule has 0 saturated carbocycles. The van der Waals surface area contributed by atoms with Crippen LogP contribution in [0.15, 0.2) is 41.0 Å². The Labute approximate surface area is 93.1 Å². The Kier molecular flexibility index (Phi) is 2.26. The van der Waals surface area contributed by atoms with E-state index in [1.54, 1.807) is 6.26 Å². The molecule has 1 aromatic carbocycles. The first kappa shape index (κ1) is 9.60. The summed E-state index contributed by atoms with van der Waals surface area (Å²) >= 11 is 0. The third kappa shape index (κ3) is 1.53. The SMILES string of the molecule is Fc1ccc([C@H]2NCCc3occc32)cc1. The Hall–Kier alpha value is -1.61. The molecule has 2 heterocycles. The maximum atomic E-state index is 12.9. The van der Waals surface area contributed by atoms with E-state index in [4.69, 9.17) is 4.42 Å². The number of fused-ring (bicyclic) bond motifs is 1. The summed E-state index contributed by atoms with van der Waals surface area (Å²) < 4.78 is 18.3. The molecule has 0 unspecified atom stereocenters. The average molecular weight is 217 g/mol. The summed E-state index contributed by atoms with van der Waals surface area (Å²) in [6, 6.07) is 8.72. The molecule has 0 amide bonds. The quantitative estimate of drug-likeness (QED) is 0.794. The average Bonchev–Trinajstić information content (AvgIpc) is 2.78. The number of nitrogens with one attached hydrogen (secondary N) is 1. The van der Waals surface area contributed by atoms with Gasteiger partial charge in [0.15, 0.2) is 0 Å². The first-order chi connectivity index (χ1) is 7.84. The second-order valence-electron chi connectivity index (χ2n) is 3.99. The van der Waals surface area contributed by atoms with Crippen LogP contribution in [-0.2, 0) is 6.42 Å². The first-order valence-electron chi connectivity index (χ1n) is 5.40. The number of halogens is 1. The molecule has 2 aromatic rings. The van der Waals surface area contributed by atoms with Crippen molar-refractivity contribution in [1.29, 1.82) is 0 Å². The van der Waals surface area contributed by atoms with E-state index in [2.05, 4.69) is 5.32 Å². The molecule has 1 aliphatic rings. The second kappa shape index (κ2) is 3.76. The summed E-state index contributed by atoms with van der Waals surface area (Å²) in [7, 11) is 0. The predicted octanol–water partition coefficient (Wildman–Crippen LogP) is 2.65. The van der Waals surface area contributed by atoms with Crippen LogP contribution in [-0.4, -0.2) is 6.54 Å². The molecule has 0 radical (unpaired) electrons. The normalized spacial score (nSPS) is 19.4. The van der Waals surface area contributed by atoms with Crippen LogP contribution in [0.2, 0.25) is 0 Å². The zero-order valence-electron chi connectivity index (χ0n) is 8.74. The maximum absolute atomic E-state index is 12.9. The molecule has 2 nitrogen and oxygen atoms in total. The van der Waals surface area contributed by atoms with E-state index in [0.29, 0.717) is 0 Å². The van der Waals surface area contributed by atoms with E-state index < -0.39 is 0 Å². The number of furan rings is 1. The lowest BCUT2D eigenvalue weighted by Crippen LogP contribution is -2.29. The standard InChI is InChI=1S/C13H12FNO/c14-10-3-1-9(2-4-10)13-11-6-8-16-12(11)5-7-15-13/h1-4,6,8,13,15H,5,7H2/t13-/m1/s1. The largest absolute Gasteiger partial charge is 0.469 e. The van der Waals surface area contributed by atoms with Gasteiger partial charge in [-0.2, -0.15) is 0 Å². The van der Waals surface area contributed by atoms with Crippen molar-refractivity contribution in [2.45, 2.75) is 12.5 Å². The van der Waals surface area contributed by atoms with Crippen LogP contribution in [0.4, 0.5) is 4.39 Å². The van der Waals surface area contributed by atoms with Crippen LogP contribution in [0.1, 0.15) is 22.9 Å². The third-order valence-corrected chi connectivity index (χ3v) is 2.99. The number of rotatable bonds is 1. The molecule has 82 valence electrons. The topological polar surface area (TPSA) is 25.2 Å². The molecule has 1 aromatic heterocycles. The summed E-state index contributed by atoms with van der Waals surface area (Å²) in [5.41, 5.74) is 2.24. The first-order valence-corrected chi connectivity index (χ1v) is 5.40. The van der Waals surface area contributed by atoms with Crippen LogP contribution in [0.25, 0.3) is 0 Å². The van der Waals surface area contributed by atoms with E-state index in [1.807, 2.05) is 18.2 Å². The molecular weight excluding hydrogens is 205 g/mol. The van der Waals surface area contributed by atoms with Crippen LogP contribution in [0, 0.1) is 5.82 Å². The predicted molar refractivity (Wildman–Crippen MR) is 58.7 cm³/mol. The van der Waals surface area contributed by atoms with E-state index in [9.17, 15) is 4.39 Å². The van der Waals surface area contributed by atoms with Gasteiger partial charge in [-0.05, 0) is 23.8 Å². The number of hydrogen-bond acceptors (Lipinski definition) is 2. The van der Waals surface area contributed by atoms with Gasteiger partial charge in [-0.15, -0.1) is 0 Å². The van der Waals surface area contributed by atoms with Gasteiger partial charge in [0, 0.05) is 18.5 Å². The number of hydrogen-bond donors (Lipinski definition) is 1. The van der Waals surface area contributed by atoms with Crippen molar-refractivity contribution in [1.82, 2.24) is 5.32 Å². The summed E-state index contributed by atoms with van der Waals surface area (Å²) in [6.45, 7) is 0.891. The van der Waals surface area contributed by atoms with Crippen molar-refractivity contribution >= 4 is 0 Å². The highest BCUT2D eigenvalue weighted by molar-refractivity contribution is 5.35. The molecule has 0 aliphatic carbocycles. The molecule has 1 atom stereocenters. The molecule has 0 bridgehead atoms. The zero-order valence-corrected chi connectivity index (χ0v) is 8.74. The molecule has 3 rings (SSSR count). The minimum atomic E-state index is -0.202. The van der Waals surface area contributed by atoms with Gasteiger partial charge in [0.05, 0.1) is 12.3 Å². The highest BCUT2D eigenvalue weighted by Crippen LogP contribution is 2.29. The van der Waals surface area contributed by atoms with Gasteiger partial charge in [0.2, 0.25) is 0 Å². The lowest BCUT2D eigenvalue weighted by Gasteiger charge is -2.23. The second-order valence-corrected chi connectivity index (χ2v) is 3.99. The van der Waals surface area contributed by atoms with Crippen molar-refractivity contribution in [2.24, 2.45) is 0 Å². The van der Waals surface area contributed by atoms with Gasteiger partial charge in [0.1, 0.15) is 11.6 Å². The van der Waals surface area contributed by atoms with Crippen molar-refractivity contribution in [3.05, 3.63) is 59.3 Å². The lowest BCUT2D eigenvalue weighted by atomic mass is 9.95. The fraction of sp³-hybridized carbons (Fsp3) is 0.231. The molecule has 0 saturated heterocycles. The van der Waals surface area contributed by atoms with Crippen molar-refractivity contribution in [2.75, 3.05) is 6.54 Å². The summed E-state index contributed by atoms with van der Waals surface area (Å²) in [5, 5.41) is 3.41. The summed E-state index contributed by atoms with van der Waals surface area (Å²) in [4.78, 5) is 0. The van der Waals surface area contributed by atoms with Crippen molar-refractivity contribution < 1.29 is 8.81 Å². The summed E-state index contributed by atoms with van der Waals surface area (Å²) in [6.07, 6.45) is 2.63. The monoisotopic (exact) mass is 217 g/mol. The lowest BCUT2D eigenvalue weighted by molar-refractivity contribution is 0.456. The highest BCUT2D eigenvalue weighted by Gasteiger charge is 2.23. The van der Waals surface area contributed by atoms with E-state index >= 15 is 0 Å². The molecule has 1 N–H and O–H groups in total. The fourth-order valence-electron chi connectivity index (χ4n) is 2.20. The van der Waals surface area contributed by atoms with Gasteiger partial charge in [-0.3, -0.25) is 0 Å². The Morgan fingerprint density at radius 1 is 1.19 bits per heavy atom. The van der Waals surface area contributed by atoms with Crippen LogP contribution in [0.3, 0.4) is 0 Å². The molecular formula is C13H12FNO. The third-order valence-electron chi connectivity index (χ3n) is 2.99. The van der Waals surface area contributed by atoms with E-state index in [-0.39, 0.29) is 11.9 Å². The van der Waals surface area contributed by atoms with Gasteiger partial charge >= 0.3 is 0 Å². The van der Waals surface area contributed by atoms with E-state index in [1.165, 1.54) is 12.1 Å². The minimum Gasteiger partial charge on any atom is -0.469 e. The van der Waals surface area contributed by atoms with Crippen molar-refractivity contribution in [3.63, 3.8) is 0 Å². The van der Waals surface area contributed by atoms with Crippen LogP contribution >= 0.6 is 0 Å². The van der Waals surface area contributed by atoms with Crippen LogP contribution in [0.5, 0.6) is 0 Å². The Bertz CT molecular complexity index is 489. The molecule has 0 spiro atoms. The van der Waals surface area contributed by atoms with Gasteiger partial charge in [-0.1, -0.05) is 12.1 Å². The van der Waals surface area contributed by atoms with Gasteiger partial charge < -0.3 is 9.73 Å². The molecule has 1 aliphatic heterocycles. The molecule has 3 heteroatoms. The summed E-state index contributed by atoms with van der Waals surface area (Å²) in [5.74, 6) is 0.833. The van der Waals surface area contributed by atoms with E-state index in [0.717, 1.165) is 29.9 Å². The molecule has 0 fully saturated rings. The fourth-order valence-corrected chi connectivity index (χ4v) is 2.20. The Morgan fingerprint density at radius 2 is 2.00 bits per heavy atom. The van der Waals surface area contributed by atoms with Crippen LogP contribution < -0.4 is 5.32 Å². The van der Waals surface area contributed by atoms with Crippen molar-refractivity contribution in [3.8, 4) is 0 Å². The highest BCUT2D eigenvalue weighted by atomic mass is 19.1.